The molecular formula is C14H12F3N5O. The van der Waals surface area contributed by atoms with Crippen molar-refractivity contribution in [2.45, 2.75) is 19.3 Å². The van der Waals surface area contributed by atoms with Gasteiger partial charge >= 0.3 is 6.18 Å². The summed E-state index contributed by atoms with van der Waals surface area (Å²) in [5.41, 5.74) is 3.06. The fourth-order valence-electron chi connectivity index (χ4n) is 2.31. The highest BCUT2D eigenvalue weighted by Gasteiger charge is 2.33. The molecule has 1 aromatic carbocycles. The van der Waals surface area contributed by atoms with Crippen LogP contribution >= 0.6 is 0 Å². The maximum Gasteiger partial charge on any atom is 0.435 e. The van der Waals surface area contributed by atoms with Crippen molar-refractivity contribution in [2.75, 3.05) is 0 Å². The Bertz CT molecular complexity index is 768. The van der Waals surface area contributed by atoms with Crippen molar-refractivity contribution < 1.29 is 18.0 Å². The molecule has 1 amide bonds. The third-order valence-electron chi connectivity index (χ3n) is 3.37. The topological polar surface area (TPSA) is 74.0 Å². The van der Waals surface area contributed by atoms with E-state index < -0.39 is 17.8 Å². The average molecular weight is 323 g/mol. The number of carbonyl (C=O) groups excluding carboxylic acids is 1. The van der Waals surface area contributed by atoms with Crippen LogP contribution in [0.3, 0.4) is 0 Å². The summed E-state index contributed by atoms with van der Waals surface area (Å²) >= 11 is 0. The zero-order valence-electron chi connectivity index (χ0n) is 11.8. The predicted octanol–water partition coefficient (Wildman–Crippen LogP) is 1.77. The van der Waals surface area contributed by atoms with Gasteiger partial charge in [-0.1, -0.05) is 24.3 Å². The third kappa shape index (κ3) is 3.03. The quantitative estimate of drug-likeness (QED) is 0.904. The number of benzene rings is 1. The van der Waals surface area contributed by atoms with E-state index in [0.717, 1.165) is 22.5 Å². The molecule has 0 saturated heterocycles. The lowest BCUT2D eigenvalue weighted by atomic mass is 10.1. The molecule has 120 valence electrons. The second kappa shape index (κ2) is 5.41. The number of nitrogens with zero attached hydrogens (tertiary/aromatic N) is 3. The van der Waals surface area contributed by atoms with Crippen molar-refractivity contribution >= 4 is 11.7 Å². The van der Waals surface area contributed by atoms with Crippen LogP contribution in [0.5, 0.6) is 0 Å². The Morgan fingerprint density at radius 3 is 2.70 bits per heavy atom. The van der Waals surface area contributed by atoms with Gasteiger partial charge in [0.2, 0.25) is 0 Å². The van der Waals surface area contributed by atoms with Crippen LogP contribution < -0.4 is 5.43 Å². The molecule has 2 heterocycles. The first kappa shape index (κ1) is 15.1. The van der Waals surface area contributed by atoms with E-state index in [0.29, 0.717) is 12.1 Å². The van der Waals surface area contributed by atoms with E-state index >= 15 is 0 Å². The van der Waals surface area contributed by atoms with Crippen LogP contribution in [0.4, 0.5) is 13.2 Å². The van der Waals surface area contributed by atoms with Gasteiger partial charge in [0.25, 0.3) is 5.91 Å². The minimum Gasteiger partial charge on any atom is -0.283 e. The molecule has 0 fully saturated rings. The molecule has 0 spiro atoms. The summed E-state index contributed by atoms with van der Waals surface area (Å²) in [7, 11) is 0. The zero-order chi connectivity index (χ0) is 16.6. The molecule has 1 aliphatic rings. The van der Waals surface area contributed by atoms with Gasteiger partial charge in [0.15, 0.2) is 5.69 Å². The number of rotatable bonds is 3. The highest BCUT2D eigenvalue weighted by atomic mass is 19.4. The summed E-state index contributed by atoms with van der Waals surface area (Å²) in [5.74, 6) is -0.412. The molecule has 9 heteroatoms. The molecule has 0 atom stereocenters. The Kier molecular flexibility index (Phi) is 3.55. The van der Waals surface area contributed by atoms with E-state index in [4.69, 9.17) is 5.41 Å². The van der Waals surface area contributed by atoms with Crippen LogP contribution in [0.1, 0.15) is 16.8 Å². The first-order valence-electron chi connectivity index (χ1n) is 6.69. The van der Waals surface area contributed by atoms with Gasteiger partial charge in [-0.2, -0.15) is 18.3 Å². The van der Waals surface area contributed by atoms with E-state index in [-0.39, 0.29) is 12.4 Å². The Labute approximate surface area is 129 Å². The Morgan fingerprint density at radius 2 is 2.04 bits per heavy atom. The molecule has 1 aromatic heterocycles. The molecule has 0 unspecified atom stereocenters. The lowest BCUT2D eigenvalue weighted by molar-refractivity contribution is -0.141. The maximum absolute atomic E-state index is 12.5. The first-order chi connectivity index (χ1) is 10.8. The molecule has 0 bridgehead atoms. The number of fused-ring (bicyclic) bond motifs is 1. The Balaban J connectivity index is 1.63. The first-order valence-corrected chi connectivity index (χ1v) is 6.69. The lowest BCUT2D eigenvalue weighted by Gasteiger charge is -2.18. The minimum absolute atomic E-state index is 0.144. The van der Waals surface area contributed by atoms with Gasteiger partial charge < -0.3 is 0 Å². The monoisotopic (exact) mass is 323 g/mol. The summed E-state index contributed by atoms with van der Waals surface area (Å²) in [6, 6.07) is 8.05. The van der Waals surface area contributed by atoms with Crippen molar-refractivity contribution in [1.82, 2.24) is 20.2 Å². The van der Waals surface area contributed by atoms with E-state index in [1.165, 1.54) is 5.01 Å². The highest BCUT2D eigenvalue weighted by Crippen LogP contribution is 2.27. The van der Waals surface area contributed by atoms with E-state index in [2.05, 4.69) is 10.5 Å². The summed E-state index contributed by atoms with van der Waals surface area (Å²) in [6.45, 7) is -0.0239. The highest BCUT2D eigenvalue weighted by molar-refractivity contribution is 6.01. The van der Waals surface area contributed by atoms with Gasteiger partial charge in [0.05, 0.1) is 6.54 Å². The number of hydrazine groups is 1. The number of hydrogen-bond donors (Lipinski definition) is 2. The number of carbonyl (C=O) groups is 1. The maximum atomic E-state index is 12.5. The molecule has 6 nitrogen and oxygen atoms in total. The predicted molar refractivity (Wildman–Crippen MR) is 74.2 cm³/mol. The fraction of sp³-hybridized carbons (Fsp3) is 0.214. The number of aromatic nitrogens is 2. The molecule has 1 aliphatic heterocycles. The van der Waals surface area contributed by atoms with Crippen molar-refractivity contribution in [2.24, 2.45) is 0 Å². The van der Waals surface area contributed by atoms with Crippen molar-refractivity contribution in [3.05, 3.63) is 53.3 Å². The van der Waals surface area contributed by atoms with Gasteiger partial charge in [0, 0.05) is 11.8 Å². The SMILES string of the molecule is N=C1c2ccccc2CN1NC(=O)Cn1ccc(C(F)(F)F)n1. The van der Waals surface area contributed by atoms with Gasteiger partial charge in [-0.15, -0.1) is 0 Å². The second-order valence-electron chi connectivity index (χ2n) is 5.02. The van der Waals surface area contributed by atoms with Crippen LogP contribution in [0.25, 0.3) is 0 Å². The van der Waals surface area contributed by atoms with Crippen molar-refractivity contribution in [3.63, 3.8) is 0 Å². The van der Waals surface area contributed by atoms with E-state index in [1.807, 2.05) is 12.1 Å². The van der Waals surface area contributed by atoms with E-state index in [1.54, 1.807) is 12.1 Å². The molecule has 0 saturated carbocycles. The standard InChI is InChI=1S/C14H12F3N5O/c15-14(16,17)11-5-6-21(19-11)8-12(23)20-22-7-9-3-1-2-4-10(9)13(22)18/h1-6,18H,7-8H2,(H,20,23). The fourth-order valence-corrected chi connectivity index (χ4v) is 2.31. The third-order valence-corrected chi connectivity index (χ3v) is 3.37. The Morgan fingerprint density at radius 1 is 1.30 bits per heavy atom. The number of amidine groups is 1. The summed E-state index contributed by atoms with van der Waals surface area (Å²) < 4.78 is 38.3. The van der Waals surface area contributed by atoms with Crippen LogP contribution in [0, 0.1) is 5.41 Å². The van der Waals surface area contributed by atoms with Gasteiger partial charge in [-0.3, -0.25) is 25.3 Å². The molecule has 3 rings (SSSR count). The van der Waals surface area contributed by atoms with E-state index in [9.17, 15) is 18.0 Å². The smallest absolute Gasteiger partial charge is 0.283 e. The van der Waals surface area contributed by atoms with Crippen LogP contribution in [0.15, 0.2) is 36.5 Å². The van der Waals surface area contributed by atoms with Crippen LogP contribution in [0.2, 0.25) is 0 Å². The molecule has 2 N–H and O–H groups in total. The number of amides is 1. The molecule has 23 heavy (non-hydrogen) atoms. The lowest BCUT2D eigenvalue weighted by Crippen LogP contribution is -2.43. The second-order valence-corrected chi connectivity index (χ2v) is 5.02. The van der Waals surface area contributed by atoms with Crippen LogP contribution in [-0.2, 0) is 24.1 Å². The average Bonchev–Trinajstić information content (AvgIpc) is 3.05. The summed E-state index contributed by atoms with van der Waals surface area (Å²) in [5, 5.41) is 12.6. The summed E-state index contributed by atoms with van der Waals surface area (Å²) in [4.78, 5) is 11.9. The van der Waals surface area contributed by atoms with Crippen LogP contribution in [-0.4, -0.2) is 26.5 Å². The largest absolute Gasteiger partial charge is 0.435 e. The van der Waals surface area contributed by atoms with Gasteiger partial charge in [-0.25, -0.2) is 0 Å². The minimum atomic E-state index is -4.54. The number of alkyl halides is 3. The molecule has 0 aliphatic carbocycles. The zero-order valence-corrected chi connectivity index (χ0v) is 11.8. The number of nitrogens with one attached hydrogen (secondary N) is 2. The van der Waals surface area contributed by atoms with Crippen molar-refractivity contribution in [1.29, 1.82) is 5.41 Å². The molecule has 2 aromatic rings. The van der Waals surface area contributed by atoms with Crippen molar-refractivity contribution in [3.8, 4) is 0 Å². The van der Waals surface area contributed by atoms with Gasteiger partial charge in [0.1, 0.15) is 12.4 Å². The Hall–Kier alpha value is -2.84. The number of halogens is 3. The summed E-state index contributed by atoms with van der Waals surface area (Å²) in [6.07, 6.45) is -3.45. The molecular weight excluding hydrogens is 311 g/mol. The number of hydrogen-bond acceptors (Lipinski definition) is 3. The normalized spacial score (nSPS) is 14.0. The van der Waals surface area contributed by atoms with Gasteiger partial charge in [-0.05, 0) is 11.6 Å². The molecule has 0 radical (unpaired) electrons.